The number of anilines is 1. The molecule has 19 heavy (non-hydrogen) atoms. The molecule has 0 saturated carbocycles. The molecular formula is C14H16N4O. The van der Waals surface area contributed by atoms with Crippen LogP contribution < -0.4 is 5.73 Å². The Hall–Kier alpha value is -2.30. The average Bonchev–Trinajstić information content (AvgIpc) is 3.10. The van der Waals surface area contributed by atoms with Crippen LogP contribution in [-0.2, 0) is 0 Å². The molecule has 1 aliphatic rings. The second-order valence-corrected chi connectivity index (χ2v) is 4.74. The van der Waals surface area contributed by atoms with Crippen molar-refractivity contribution in [2.75, 3.05) is 18.8 Å². The van der Waals surface area contributed by atoms with E-state index in [1.807, 2.05) is 29.2 Å². The van der Waals surface area contributed by atoms with Crippen LogP contribution in [-0.4, -0.2) is 33.7 Å². The largest absolute Gasteiger partial charge is 0.399 e. The number of hydrogen-bond acceptors (Lipinski definition) is 3. The highest BCUT2D eigenvalue weighted by Gasteiger charge is 2.21. The molecular weight excluding hydrogens is 240 g/mol. The van der Waals surface area contributed by atoms with Crippen molar-refractivity contribution in [2.24, 2.45) is 0 Å². The fourth-order valence-corrected chi connectivity index (χ4v) is 2.33. The van der Waals surface area contributed by atoms with Gasteiger partial charge in [-0.2, -0.15) is 5.10 Å². The Bertz CT molecular complexity index is 599. The van der Waals surface area contributed by atoms with E-state index in [1.165, 1.54) is 0 Å². The SMILES string of the molecule is Nc1cccc(-n2ccc(C(=O)N3CCCC3)n2)c1. The number of likely N-dealkylation sites (tertiary alicyclic amines) is 1. The van der Waals surface area contributed by atoms with Crippen LogP contribution in [0.15, 0.2) is 36.5 Å². The molecule has 0 bridgehead atoms. The lowest BCUT2D eigenvalue weighted by molar-refractivity contribution is 0.0786. The lowest BCUT2D eigenvalue weighted by Gasteiger charge is -2.12. The Balaban J connectivity index is 1.85. The zero-order valence-electron chi connectivity index (χ0n) is 10.6. The normalized spacial score (nSPS) is 14.8. The number of nitrogens with two attached hydrogens (primary N) is 1. The number of aromatic nitrogens is 2. The predicted molar refractivity (Wildman–Crippen MR) is 73.1 cm³/mol. The fraction of sp³-hybridized carbons (Fsp3) is 0.286. The van der Waals surface area contributed by atoms with Crippen LogP contribution >= 0.6 is 0 Å². The summed E-state index contributed by atoms with van der Waals surface area (Å²) in [5, 5.41) is 4.34. The Morgan fingerprint density at radius 3 is 2.74 bits per heavy atom. The molecule has 1 saturated heterocycles. The first kappa shape index (κ1) is 11.8. The van der Waals surface area contributed by atoms with E-state index >= 15 is 0 Å². The van der Waals surface area contributed by atoms with Crippen LogP contribution in [0.5, 0.6) is 0 Å². The van der Waals surface area contributed by atoms with Crippen LogP contribution in [0.4, 0.5) is 5.69 Å². The zero-order chi connectivity index (χ0) is 13.2. The second-order valence-electron chi connectivity index (χ2n) is 4.74. The maximum Gasteiger partial charge on any atom is 0.274 e. The van der Waals surface area contributed by atoms with E-state index in [0.717, 1.165) is 31.6 Å². The Kier molecular flexibility index (Phi) is 2.95. The van der Waals surface area contributed by atoms with E-state index in [-0.39, 0.29) is 5.91 Å². The molecule has 1 amide bonds. The van der Waals surface area contributed by atoms with Crippen molar-refractivity contribution < 1.29 is 4.79 Å². The molecule has 2 heterocycles. The van der Waals surface area contributed by atoms with Crippen molar-refractivity contribution in [3.8, 4) is 5.69 Å². The smallest absolute Gasteiger partial charge is 0.274 e. The van der Waals surface area contributed by atoms with Gasteiger partial charge in [0.25, 0.3) is 5.91 Å². The summed E-state index contributed by atoms with van der Waals surface area (Å²) in [7, 11) is 0. The van der Waals surface area contributed by atoms with Gasteiger partial charge in [0, 0.05) is 25.0 Å². The van der Waals surface area contributed by atoms with Crippen LogP contribution in [0.1, 0.15) is 23.3 Å². The highest BCUT2D eigenvalue weighted by Crippen LogP contribution is 2.14. The summed E-state index contributed by atoms with van der Waals surface area (Å²) >= 11 is 0. The predicted octanol–water partition coefficient (Wildman–Crippen LogP) is 1.69. The average molecular weight is 256 g/mol. The highest BCUT2D eigenvalue weighted by atomic mass is 16.2. The minimum atomic E-state index is 0.0140. The minimum Gasteiger partial charge on any atom is -0.399 e. The minimum absolute atomic E-state index is 0.0140. The molecule has 1 aromatic heterocycles. The number of carbonyl (C=O) groups is 1. The van der Waals surface area contributed by atoms with Gasteiger partial charge >= 0.3 is 0 Å². The maximum atomic E-state index is 12.2. The topological polar surface area (TPSA) is 64.2 Å². The Morgan fingerprint density at radius 2 is 2.00 bits per heavy atom. The number of nitrogen functional groups attached to an aromatic ring is 1. The van der Waals surface area contributed by atoms with E-state index in [9.17, 15) is 4.79 Å². The van der Waals surface area contributed by atoms with E-state index in [1.54, 1.807) is 16.9 Å². The lowest BCUT2D eigenvalue weighted by atomic mass is 10.3. The lowest BCUT2D eigenvalue weighted by Crippen LogP contribution is -2.28. The number of nitrogens with zero attached hydrogens (tertiary/aromatic N) is 3. The van der Waals surface area contributed by atoms with Crippen molar-refractivity contribution in [2.45, 2.75) is 12.8 Å². The van der Waals surface area contributed by atoms with Gasteiger partial charge in [-0.05, 0) is 37.1 Å². The maximum absolute atomic E-state index is 12.2. The first-order chi connectivity index (χ1) is 9.24. The molecule has 3 rings (SSSR count). The van der Waals surface area contributed by atoms with E-state index in [2.05, 4.69) is 5.10 Å². The van der Waals surface area contributed by atoms with Gasteiger partial charge in [0.05, 0.1) is 5.69 Å². The van der Waals surface area contributed by atoms with Crippen molar-refractivity contribution in [3.05, 3.63) is 42.2 Å². The van der Waals surface area contributed by atoms with Crippen molar-refractivity contribution >= 4 is 11.6 Å². The molecule has 1 fully saturated rings. The third kappa shape index (κ3) is 2.31. The summed E-state index contributed by atoms with van der Waals surface area (Å²) in [6, 6.07) is 9.19. The number of amides is 1. The molecule has 0 aliphatic carbocycles. The molecule has 1 aliphatic heterocycles. The Morgan fingerprint density at radius 1 is 1.21 bits per heavy atom. The summed E-state index contributed by atoms with van der Waals surface area (Å²) in [4.78, 5) is 14.0. The third-order valence-corrected chi connectivity index (χ3v) is 3.34. The van der Waals surface area contributed by atoms with Gasteiger partial charge in [0.2, 0.25) is 0 Å². The van der Waals surface area contributed by atoms with E-state index < -0.39 is 0 Å². The summed E-state index contributed by atoms with van der Waals surface area (Å²) in [5.41, 5.74) is 7.78. The van der Waals surface area contributed by atoms with Crippen molar-refractivity contribution in [1.29, 1.82) is 0 Å². The van der Waals surface area contributed by atoms with Gasteiger partial charge in [-0.3, -0.25) is 4.79 Å². The monoisotopic (exact) mass is 256 g/mol. The summed E-state index contributed by atoms with van der Waals surface area (Å²) < 4.78 is 1.68. The van der Waals surface area contributed by atoms with E-state index in [0.29, 0.717) is 11.4 Å². The van der Waals surface area contributed by atoms with Crippen LogP contribution in [0.3, 0.4) is 0 Å². The summed E-state index contributed by atoms with van der Waals surface area (Å²) in [6.07, 6.45) is 3.96. The molecule has 2 N–H and O–H groups in total. The molecule has 5 heteroatoms. The molecule has 5 nitrogen and oxygen atoms in total. The number of carbonyl (C=O) groups excluding carboxylic acids is 1. The molecule has 0 atom stereocenters. The van der Waals surface area contributed by atoms with Crippen LogP contribution in [0.25, 0.3) is 5.69 Å². The molecule has 0 unspecified atom stereocenters. The molecule has 2 aromatic rings. The molecule has 0 spiro atoms. The third-order valence-electron chi connectivity index (χ3n) is 3.34. The molecule has 98 valence electrons. The van der Waals surface area contributed by atoms with Gasteiger partial charge in [-0.1, -0.05) is 6.07 Å². The van der Waals surface area contributed by atoms with Crippen molar-refractivity contribution in [1.82, 2.24) is 14.7 Å². The number of hydrogen-bond donors (Lipinski definition) is 1. The standard InChI is InChI=1S/C14H16N4O/c15-11-4-3-5-12(10-11)18-9-6-13(16-18)14(19)17-7-1-2-8-17/h3-6,9-10H,1-2,7-8,15H2. The fourth-order valence-electron chi connectivity index (χ4n) is 2.33. The van der Waals surface area contributed by atoms with Gasteiger partial charge < -0.3 is 10.6 Å². The van der Waals surface area contributed by atoms with Crippen LogP contribution in [0.2, 0.25) is 0 Å². The van der Waals surface area contributed by atoms with Gasteiger partial charge in [0.15, 0.2) is 5.69 Å². The summed E-state index contributed by atoms with van der Waals surface area (Å²) in [5.74, 6) is 0.0140. The van der Waals surface area contributed by atoms with Crippen molar-refractivity contribution in [3.63, 3.8) is 0 Å². The first-order valence-corrected chi connectivity index (χ1v) is 6.45. The Labute approximate surface area is 111 Å². The number of benzene rings is 1. The quantitative estimate of drug-likeness (QED) is 0.832. The highest BCUT2D eigenvalue weighted by molar-refractivity contribution is 5.92. The number of rotatable bonds is 2. The van der Waals surface area contributed by atoms with Gasteiger partial charge in [0.1, 0.15) is 0 Å². The molecule has 0 radical (unpaired) electrons. The van der Waals surface area contributed by atoms with Gasteiger partial charge in [-0.15, -0.1) is 0 Å². The molecule has 1 aromatic carbocycles. The second kappa shape index (κ2) is 4.76. The zero-order valence-corrected chi connectivity index (χ0v) is 10.6. The van der Waals surface area contributed by atoms with Crippen LogP contribution in [0, 0.1) is 0 Å². The first-order valence-electron chi connectivity index (χ1n) is 6.45. The van der Waals surface area contributed by atoms with E-state index in [4.69, 9.17) is 5.73 Å². The van der Waals surface area contributed by atoms with Gasteiger partial charge in [-0.25, -0.2) is 4.68 Å². The summed E-state index contributed by atoms with van der Waals surface area (Å²) in [6.45, 7) is 1.67.